The third-order valence-electron chi connectivity index (χ3n) is 5.40. The molecule has 1 aliphatic heterocycles. The second-order valence-electron chi connectivity index (χ2n) is 8.26. The highest BCUT2D eigenvalue weighted by Crippen LogP contribution is 2.25. The van der Waals surface area contributed by atoms with Crippen LogP contribution in [0, 0.1) is 5.92 Å². The van der Waals surface area contributed by atoms with Crippen LogP contribution in [0.15, 0.2) is 45.8 Å². The van der Waals surface area contributed by atoms with Crippen molar-refractivity contribution >= 4 is 21.9 Å². The molecule has 1 saturated heterocycles. The van der Waals surface area contributed by atoms with Crippen LogP contribution in [0.3, 0.4) is 0 Å². The van der Waals surface area contributed by atoms with Gasteiger partial charge in [0.05, 0.1) is 4.90 Å². The van der Waals surface area contributed by atoms with Gasteiger partial charge in [0.15, 0.2) is 0 Å². The van der Waals surface area contributed by atoms with Crippen LogP contribution in [0.4, 0.5) is 6.01 Å². The molecule has 1 atom stereocenters. The van der Waals surface area contributed by atoms with Gasteiger partial charge >= 0.3 is 6.01 Å². The summed E-state index contributed by atoms with van der Waals surface area (Å²) in [4.78, 5) is 12.7. The molecule has 1 aliphatic rings. The lowest BCUT2D eigenvalue weighted by atomic mass is 10.0. The molecule has 3 heterocycles. The molecule has 1 fully saturated rings. The minimum absolute atomic E-state index is 0.0551. The Morgan fingerprint density at radius 1 is 1.19 bits per heavy atom. The molecule has 0 aliphatic carbocycles. The van der Waals surface area contributed by atoms with Gasteiger partial charge in [0, 0.05) is 30.9 Å². The fourth-order valence-electron chi connectivity index (χ4n) is 3.73. The molecule has 1 aromatic carbocycles. The van der Waals surface area contributed by atoms with E-state index in [0.29, 0.717) is 24.7 Å². The Labute approximate surface area is 186 Å². The second kappa shape index (κ2) is 8.83. The van der Waals surface area contributed by atoms with Crippen LogP contribution < -0.4 is 5.32 Å². The van der Waals surface area contributed by atoms with E-state index in [1.807, 2.05) is 13.8 Å². The first kappa shape index (κ1) is 22.2. The lowest BCUT2D eigenvalue weighted by molar-refractivity contribution is 0.102. The van der Waals surface area contributed by atoms with Crippen molar-refractivity contribution in [2.45, 2.75) is 44.6 Å². The molecule has 170 valence electrons. The molecular formula is C21H26N6O4S. The van der Waals surface area contributed by atoms with Gasteiger partial charge in [-0.3, -0.25) is 14.8 Å². The highest BCUT2D eigenvalue weighted by atomic mass is 32.2. The quantitative estimate of drug-likeness (QED) is 0.602. The van der Waals surface area contributed by atoms with E-state index in [1.54, 1.807) is 16.9 Å². The Morgan fingerprint density at radius 2 is 1.94 bits per heavy atom. The van der Waals surface area contributed by atoms with Crippen molar-refractivity contribution in [1.82, 2.24) is 24.3 Å². The van der Waals surface area contributed by atoms with Crippen LogP contribution >= 0.6 is 0 Å². The summed E-state index contributed by atoms with van der Waals surface area (Å²) < 4.78 is 34.6. The van der Waals surface area contributed by atoms with Gasteiger partial charge in [-0.1, -0.05) is 12.0 Å². The molecule has 1 amide bonds. The number of sulfonamides is 1. The molecule has 0 bridgehead atoms. The number of hydrogen-bond acceptors (Lipinski definition) is 7. The smallest absolute Gasteiger partial charge is 0.322 e. The average Bonchev–Trinajstić information content (AvgIpc) is 3.43. The summed E-state index contributed by atoms with van der Waals surface area (Å²) in [6.07, 6.45) is 3.52. The number of aromatic nitrogens is 4. The van der Waals surface area contributed by atoms with Gasteiger partial charge in [-0.05, 0) is 62.9 Å². The minimum Gasteiger partial charge on any atom is -0.401 e. The van der Waals surface area contributed by atoms with Crippen molar-refractivity contribution in [3.63, 3.8) is 0 Å². The minimum atomic E-state index is -3.58. The zero-order valence-corrected chi connectivity index (χ0v) is 19.0. The Hall–Kier alpha value is -3.05. The summed E-state index contributed by atoms with van der Waals surface area (Å²) in [6, 6.07) is 7.64. The molecule has 1 unspecified atom stereocenters. The van der Waals surface area contributed by atoms with E-state index in [2.05, 4.69) is 27.5 Å². The van der Waals surface area contributed by atoms with Crippen molar-refractivity contribution in [2.75, 3.05) is 18.4 Å². The summed E-state index contributed by atoms with van der Waals surface area (Å²) in [5, 5.41) is 14.6. The van der Waals surface area contributed by atoms with E-state index < -0.39 is 15.9 Å². The summed E-state index contributed by atoms with van der Waals surface area (Å²) >= 11 is 0. The molecule has 11 heteroatoms. The number of benzene rings is 1. The van der Waals surface area contributed by atoms with Crippen LogP contribution in [0.1, 0.15) is 50.0 Å². The molecule has 32 heavy (non-hydrogen) atoms. The number of amides is 1. The first-order chi connectivity index (χ1) is 15.3. The number of rotatable bonds is 6. The SMILES string of the molecule is CC1CCCN(S(=O)(=O)c2ccc(C(=O)Nc3nnc(-c4ccnn4C(C)C)o3)cc2)C1. The van der Waals surface area contributed by atoms with E-state index in [4.69, 9.17) is 4.42 Å². The maximum atomic E-state index is 12.9. The zero-order valence-electron chi connectivity index (χ0n) is 18.2. The fourth-order valence-corrected chi connectivity index (χ4v) is 5.33. The number of anilines is 1. The highest BCUT2D eigenvalue weighted by Gasteiger charge is 2.28. The lowest BCUT2D eigenvalue weighted by Gasteiger charge is -2.30. The van der Waals surface area contributed by atoms with E-state index in [0.717, 1.165) is 12.8 Å². The summed E-state index contributed by atoms with van der Waals surface area (Å²) in [7, 11) is -3.58. The normalized spacial score (nSPS) is 17.6. The number of carbonyl (C=O) groups is 1. The number of nitrogens with one attached hydrogen (secondary N) is 1. The lowest BCUT2D eigenvalue weighted by Crippen LogP contribution is -2.39. The van der Waals surface area contributed by atoms with E-state index >= 15 is 0 Å². The molecule has 0 spiro atoms. The van der Waals surface area contributed by atoms with Crippen LogP contribution in [-0.2, 0) is 10.0 Å². The standard InChI is InChI=1S/C21H26N6O4S/c1-14(2)27-18(10-11-22-27)20-24-25-21(31-20)23-19(28)16-6-8-17(9-7-16)32(29,30)26-12-4-5-15(3)13-26/h6-11,14-15H,4-5,12-13H2,1-3H3,(H,23,25,28). The van der Waals surface area contributed by atoms with Crippen molar-refractivity contribution in [1.29, 1.82) is 0 Å². The summed E-state index contributed by atoms with van der Waals surface area (Å²) in [5.41, 5.74) is 0.928. The number of nitrogens with zero attached hydrogens (tertiary/aromatic N) is 5. The third kappa shape index (κ3) is 4.44. The first-order valence-corrected chi connectivity index (χ1v) is 12.0. The largest absolute Gasteiger partial charge is 0.401 e. The van der Waals surface area contributed by atoms with Gasteiger partial charge in [-0.15, -0.1) is 5.10 Å². The molecule has 3 aromatic rings. The van der Waals surface area contributed by atoms with Gasteiger partial charge in [-0.25, -0.2) is 8.42 Å². The van der Waals surface area contributed by atoms with Crippen molar-refractivity contribution in [3.05, 3.63) is 42.1 Å². The summed E-state index contributed by atoms with van der Waals surface area (Å²) in [5.74, 6) is 0.0962. The number of piperidine rings is 1. The molecule has 1 N–H and O–H groups in total. The number of carbonyl (C=O) groups excluding carboxylic acids is 1. The van der Waals surface area contributed by atoms with Gasteiger partial charge in [0.25, 0.3) is 11.8 Å². The summed E-state index contributed by atoms with van der Waals surface area (Å²) in [6.45, 7) is 7.04. The molecule has 4 rings (SSSR count). The molecule has 2 aromatic heterocycles. The molecule has 0 radical (unpaired) electrons. The Kier molecular flexibility index (Phi) is 6.11. The van der Waals surface area contributed by atoms with Gasteiger partial charge in [0.1, 0.15) is 5.69 Å². The maximum absolute atomic E-state index is 12.9. The zero-order chi connectivity index (χ0) is 22.9. The van der Waals surface area contributed by atoms with Gasteiger partial charge < -0.3 is 4.42 Å². The first-order valence-electron chi connectivity index (χ1n) is 10.5. The van der Waals surface area contributed by atoms with Crippen molar-refractivity contribution < 1.29 is 17.6 Å². The van der Waals surface area contributed by atoms with Gasteiger partial charge in [-0.2, -0.15) is 9.40 Å². The van der Waals surface area contributed by atoms with Crippen molar-refractivity contribution in [2.24, 2.45) is 5.92 Å². The molecular weight excluding hydrogens is 432 g/mol. The predicted molar refractivity (Wildman–Crippen MR) is 117 cm³/mol. The van der Waals surface area contributed by atoms with Crippen LogP contribution in [0.2, 0.25) is 0 Å². The van der Waals surface area contributed by atoms with Crippen molar-refractivity contribution in [3.8, 4) is 11.6 Å². The highest BCUT2D eigenvalue weighted by molar-refractivity contribution is 7.89. The van der Waals surface area contributed by atoms with Crippen LogP contribution in [0.25, 0.3) is 11.6 Å². The maximum Gasteiger partial charge on any atom is 0.322 e. The number of hydrogen-bond donors (Lipinski definition) is 1. The monoisotopic (exact) mass is 458 g/mol. The molecule has 10 nitrogen and oxygen atoms in total. The Balaban J connectivity index is 1.46. The average molecular weight is 459 g/mol. The topological polar surface area (TPSA) is 123 Å². The Bertz CT molecular complexity index is 1200. The second-order valence-corrected chi connectivity index (χ2v) is 10.2. The fraction of sp³-hybridized carbons (Fsp3) is 0.429. The van der Waals surface area contributed by atoms with E-state index in [1.165, 1.54) is 28.6 Å². The van der Waals surface area contributed by atoms with Gasteiger partial charge in [0.2, 0.25) is 10.0 Å². The van der Waals surface area contributed by atoms with E-state index in [-0.39, 0.29) is 28.4 Å². The van der Waals surface area contributed by atoms with Crippen LogP contribution in [0.5, 0.6) is 0 Å². The Morgan fingerprint density at radius 3 is 2.62 bits per heavy atom. The predicted octanol–water partition coefficient (Wildman–Crippen LogP) is 3.19. The van der Waals surface area contributed by atoms with E-state index in [9.17, 15) is 13.2 Å². The molecule has 0 saturated carbocycles. The van der Waals surface area contributed by atoms with Crippen LogP contribution in [-0.4, -0.2) is 51.7 Å². The third-order valence-corrected chi connectivity index (χ3v) is 7.28.